The van der Waals surface area contributed by atoms with Gasteiger partial charge in [-0.1, -0.05) is 6.07 Å². The third-order valence-corrected chi connectivity index (χ3v) is 7.72. The van der Waals surface area contributed by atoms with Crippen LogP contribution in [0.15, 0.2) is 30.3 Å². The van der Waals surface area contributed by atoms with Gasteiger partial charge in [0.15, 0.2) is 15.5 Å². The van der Waals surface area contributed by atoms with Gasteiger partial charge in [-0.3, -0.25) is 14.9 Å². The van der Waals surface area contributed by atoms with Gasteiger partial charge in [-0.05, 0) is 38.3 Å². The highest BCUT2D eigenvalue weighted by molar-refractivity contribution is 7.91. The van der Waals surface area contributed by atoms with E-state index >= 15 is 0 Å². The van der Waals surface area contributed by atoms with Gasteiger partial charge in [-0.15, -0.1) is 0 Å². The number of benzene rings is 1. The first-order chi connectivity index (χ1) is 15.2. The smallest absolute Gasteiger partial charge is 0.271 e. The summed E-state index contributed by atoms with van der Waals surface area (Å²) < 4.78 is 25.7. The molecule has 1 aliphatic carbocycles. The van der Waals surface area contributed by atoms with Crippen LogP contribution in [0, 0.1) is 17.0 Å². The van der Waals surface area contributed by atoms with Gasteiger partial charge in [0.2, 0.25) is 0 Å². The quantitative estimate of drug-likeness (QED) is 0.461. The average molecular weight is 455 g/mol. The van der Waals surface area contributed by atoms with Crippen LogP contribution in [0.4, 0.5) is 11.4 Å². The molecular weight excluding hydrogens is 434 g/mol. The van der Waals surface area contributed by atoms with Crippen molar-refractivity contribution in [1.82, 2.24) is 14.8 Å². The van der Waals surface area contributed by atoms with E-state index in [1.165, 1.54) is 18.2 Å². The molecule has 2 aromatic heterocycles. The molecule has 166 valence electrons. The molecule has 3 aromatic rings. The molecular formula is C21H21N5O5S. The lowest BCUT2D eigenvalue weighted by Gasteiger charge is -2.12. The van der Waals surface area contributed by atoms with Crippen LogP contribution in [0.2, 0.25) is 0 Å². The number of pyridine rings is 1. The van der Waals surface area contributed by atoms with E-state index in [9.17, 15) is 23.3 Å². The Kier molecular flexibility index (Phi) is 4.73. The summed E-state index contributed by atoms with van der Waals surface area (Å²) >= 11 is 0. The number of rotatable bonds is 5. The second kappa shape index (κ2) is 7.37. The summed E-state index contributed by atoms with van der Waals surface area (Å²) in [6.07, 6.45) is 2.42. The van der Waals surface area contributed by atoms with Gasteiger partial charge in [-0.25, -0.2) is 18.1 Å². The Hall–Kier alpha value is -3.34. The molecule has 5 rings (SSSR count). The maximum atomic E-state index is 13.2. The first-order valence-corrected chi connectivity index (χ1v) is 12.2. The minimum Gasteiger partial charge on any atom is -0.322 e. The van der Waals surface area contributed by atoms with E-state index in [0.717, 1.165) is 18.5 Å². The van der Waals surface area contributed by atoms with Crippen LogP contribution in [0.25, 0.3) is 11.0 Å². The van der Waals surface area contributed by atoms with Crippen LogP contribution in [0.5, 0.6) is 0 Å². The predicted octanol–water partition coefficient (Wildman–Crippen LogP) is 3.14. The summed E-state index contributed by atoms with van der Waals surface area (Å²) in [7, 11) is -3.12. The Bertz CT molecular complexity index is 1380. The number of sulfone groups is 1. The Balaban J connectivity index is 1.59. The van der Waals surface area contributed by atoms with Crippen molar-refractivity contribution in [2.75, 3.05) is 16.8 Å². The molecule has 0 radical (unpaired) electrons. The van der Waals surface area contributed by atoms with E-state index in [2.05, 4.69) is 10.4 Å². The Morgan fingerprint density at radius 2 is 2.03 bits per heavy atom. The molecule has 10 nitrogen and oxygen atoms in total. The molecule has 1 unspecified atom stereocenters. The van der Waals surface area contributed by atoms with E-state index in [1.54, 1.807) is 23.7 Å². The zero-order valence-corrected chi connectivity index (χ0v) is 18.1. The number of nitrogens with zero attached hydrogens (tertiary/aromatic N) is 4. The van der Waals surface area contributed by atoms with Crippen LogP contribution in [0.3, 0.4) is 0 Å². The summed E-state index contributed by atoms with van der Waals surface area (Å²) in [4.78, 5) is 28.6. The van der Waals surface area contributed by atoms with Crippen LogP contribution in [-0.2, 0) is 9.84 Å². The standard InChI is InChI=1S/C21H21N5O5S/c1-12-19-17(21(27)22-14-3-2-4-15(9-14)26(28)29)10-18(13-5-6-13)23-20(19)25(24-12)16-7-8-32(30,31)11-16/h2-4,9-10,13,16H,5-8,11H2,1H3,(H,22,27). The fourth-order valence-corrected chi connectivity index (χ4v) is 5.91. The lowest BCUT2D eigenvalue weighted by Crippen LogP contribution is -2.15. The summed E-state index contributed by atoms with van der Waals surface area (Å²) in [6, 6.07) is 7.20. The SMILES string of the molecule is Cc1nn(C2CCS(=O)(=O)C2)c2nc(C3CC3)cc(C(=O)Nc3cccc([N+](=O)[O-])c3)c12. The number of nitro groups is 1. The molecule has 2 fully saturated rings. The maximum absolute atomic E-state index is 13.2. The summed E-state index contributed by atoms with van der Waals surface area (Å²) in [5, 5.41) is 18.9. The van der Waals surface area contributed by atoms with Crippen molar-refractivity contribution in [3.05, 3.63) is 57.4 Å². The van der Waals surface area contributed by atoms with E-state index < -0.39 is 20.7 Å². The summed E-state index contributed by atoms with van der Waals surface area (Å²) in [6.45, 7) is 1.77. The molecule has 1 aliphatic heterocycles. The molecule has 1 saturated heterocycles. The van der Waals surface area contributed by atoms with E-state index in [-0.39, 0.29) is 29.2 Å². The third-order valence-electron chi connectivity index (χ3n) is 5.97. The van der Waals surface area contributed by atoms with E-state index in [4.69, 9.17) is 4.98 Å². The van der Waals surface area contributed by atoms with E-state index in [1.807, 2.05) is 0 Å². The predicted molar refractivity (Wildman–Crippen MR) is 118 cm³/mol. The number of nitrogens with one attached hydrogen (secondary N) is 1. The number of hydrogen-bond acceptors (Lipinski definition) is 7. The van der Waals surface area contributed by atoms with Gasteiger partial charge in [0.05, 0.1) is 39.1 Å². The van der Waals surface area contributed by atoms with Crippen LogP contribution < -0.4 is 5.32 Å². The molecule has 1 amide bonds. The van der Waals surface area contributed by atoms with Crippen LogP contribution in [0.1, 0.15) is 53.0 Å². The lowest BCUT2D eigenvalue weighted by atomic mass is 10.1. The van der Waals surface area contributed by atoms with Gasteiger partial charge >= 0.3 is 0 Å². The first-order valence-electron chi connectivity index (χ1n) is 10.4. The number of fused-ring (bicyclic) bond motifs is 1. The molecule has 0 bridgehead atoms. The zero-order chi connectivity index (χ0) is 22.6. The van der Waals surface area contributed by atoms with Crippen molar-refractivity contribution in [3.63, 3.8) is 0 Å². The van der Waals surface area contributed by atoms with Crippen molar-refractivity contribution in [2.24, 2.45) is 0 Å². The van der Waals surface area contributed by atoms with Crippen molar-refractivity contribution in [1.29, 1.82) is 0 Å². The van der Waals surface area contributed by atoms with Crippen LogP contribution >= 0.6 is 0 Å². The lowest BCUT2D eigenvalue weighted by molar-refractivity contribution is -0.384. The van der Waals surface area contributed by atoms with Gasteiger partial charge < -0.3 is 5.32 Å². The minimum atomic E-state index is -3.12. The number of amides is 1. The second-order valence-corrected chi connectivity index (χ2v) is 10.6. The molecule has 1 atom stereocenters. The fraction of sp³-hybridized carbons (Fsp3) is 0.381. The number of nitro benzene ring substituents is 1. The van der Waals surface area contributed by atoms with Crippen LogP contribution in [-0.4, -0.2) is 45.5 Å². The minimum absolute atomic E-state index is 0.00771. The van der Waals surface area contributed by atoms with Crippen molar-refractivity contribution in [3.8, 4) is 0 Å². The highest BCUT2D eigenvalue weighted by Gasteiger charge is 2.34. The van der Waals surface area contributed by atoms with Crippen molar-refractivity contribution < 1.29 is 18.1 Å². The van der Waals surface area contributed by atoms with Gasteiger partial charge in [0.25, 0.3) is 11.6 Å². The molecule has 11 heteroatoms. The second-order valence-electron chi connectivity index (χ2n) is 8.42. The number of hydrogen-bond donors (Lipinski definition) is 1. The van der Waals surface area contributed by atoms with Gasteiger partial charge in [0.1, 0.15) is 0 Å². The molecule has 1 aromatic carbocycles. The molecule has 2 aliphatic rings. The molecule has 0 spiro atoms. The number of aryl methyl sites for hydroxylation is 1. The number of aromatic nitrogens is 3. The normalized spacial score (nSPS) is 19.8. The van der Waals surface area contributed by atoms with Gasteiger partial charge in [0, 0.05) is 29.4 Å². The maximum Gasteiger partial charge on any atom is 0.271 e. The number of carbonyl (C=O) groups excluding carboxylic acids is 1. The fourth-order valence-electron chi connectivity index (χ4n) is 4.22. The first kappa shape index (κ1) is 20.6. The number of carbonyl (C=O) groups is 1. The topological polar surface area (TPSA) is 137 Å². The van der Waals surface area contributed by atoms with Crippen molar-refractivity contribution in [2.45, 2.75) is 38.1 Å². The molecule has 3 heterocycles. The zero-order valence-electron chi connectivity index (χ0n) is 17.3. The Morgan fingerprint density at radius 1 is 1.25 bits per heavy atom. The summed E-state index contributed by atoms with van der Waals surface area (Å²) in [5.74, 6) is -0.0323. The Labute approximate surface area is 183 Å². The monoisotopic (exact) mass is 455 g/mol. The van der Waals surface area contributed by atoms with E-state index in [0.29, 0.717) is 34.4 Å². The third kappa shape index (κ3) is 3.72. The highest BCUT2D eigenvalue weighted by atomic mass is 32.2. The number of anilines is 1. The molecule has 1 saturated carbocycles. The highest BCUT2D eigenvalue weighted by Crippen LogP contribution is 2.41. The van der Waals surface area contributed by atoms with Gasteiger partial charge in [-0.2, -0.15) is 5.10 Å². The molecule has 1 N–H and O–H groups in total. The largest absolute Gasteiger partial charge is 0.322 e. The molecule has 32 heavy (non-hydrogen) atoms. The van der Waals surface area contributed by atoms with Crippen molar-refractivity contribution >= 4 is 38.2 Å². The number of non-ortho nitro benzene ring substituents is 1. The Morgan fingerprint density at radius 3 is 2.69 bits per heavy atom. The average Bonchev–Trinajstić information content (AvgIpc) is 3.46. The summed E-state index contributed by atoms with van der Waals surface area (Å²) in [5.41, 5.74) is 2.46.